The number of allylic oxidation sites excluding steroid dienone is 2. The third-order valence-corrected chi connectivity index (χ3v) is 3.69. The average molecular weight is 234 g/mol. The Labute approximate surface area is 109 Å². The maximum atomic E-state index is 2.40. The summed E-state index contributed by atoms with van der Waals surface area (Å²) in [6.45, 7) is 0. The Morgan fingerprint density at radius 3 is 2.44 bits per heavy atom. The lowest BCUT2D eigenvalue weighted by atomic mass is 9.99. The minimum atomic E-state index is 1.12. The van der Waals surface area contributed by atoms with Crippen LogP contribution in [0.3, 0.4) is 0 Å². The van der Waals surface area contributed by atoms with Crippen molar-refractivity contribution in [2.24, 2.45) is 0 Å². The van der Waals surface area contributed by atoms with E-state index in [9.17, 15) is 0 Å². The Bertz CT molecular complexity index is 549. The highest BCUT2D eigenvalue weighted by molar-refractivity contribution is 5.72. The van der Waals surface area contributed by atoms with Crippen molar-refractivity contribution in [1.82, 2.24) is 0 Å². The number of benzene rings is 2. The molecule has 0 aromatic heterocycles. The molecule has 0 aliphatic heterocycles. The van der Waals surface area contributed by atoms with Gasteiger partial charge in [0.25, 0.3) is 0 Å². The first-order valence-electron chi connectivity index (χ1n) is 6.75. The molecule has 0 atom stereocenters. The molecule has 0 amide bonds. The van der Waals surface area contributed by atoms with Crippen molar-refractivity contribution in [2.45, 2.75) is 25.7 Å². The van der Waals surface area contributed by atoms with Gasteiger partial charge >= 0.3 is 0 Å². The van der Waals surface area contributed by atoms with E-state index >= 15 is 0 Å². The summed E-state index contributed by atoms with van der Waals surface area (Å²) in [5, 5.41) is 0. The van der Waals surface area contributed by atoms with Crippen LogP contribution in [0.5, 0.6) is 0 Å². The molecule has 0 heterocycles. The normalized spacial score (nSPS) is 13.2. The van der Waals surface area contributed by atoms with Crippen LogP contribution in [-0.2, 0) is 12.8 Å². The van der Waals surface area contributed by atoms with Gasteiger partial charge < -0.3 is 0 Å². The molecule has 18 heavy (non-hydrogen) atoms. The first kappa shape index (κ1) is 11.3. The average Bonchev–Trinajstić information content (AvgIpc) is 2.84. The molecule has 0 fully saturated rings. The van der Waals surface area contributed by atoms with Crippen molar-refractivity contribution in [3.8, 4) is 0 Å². The quantitative estimate of drug-likeness (QED) is 0.722. The van der Waals surface area contributed by atoms with Crippen LogP contribution in [-0.4, -0.2) is 0 Å². The van der Waals surface area contributed by atoms with Gasteiger partial charge in [-0.1, -0.05) is 60.7 Å². The minimum Gasteiger partial charge on any atom is -0.0763 e. The van der Waals surface area contributed by atoms with E-state index in [1.54, 1.807) is 5.57 Å². The van der Waals surface area contributed by atoms with Gasteiger partial charge in [-0.3, -0.25) is 0 Å². The molecule has 0 unspecified atom stereocenters. The molecule has 2 aromatic rings. The zero-order valence-electron chi connectivity index (χ0n) is 10.6. The molecule has 0 nitrogen and oxygen atoms in total. The van der Waals surface area contributed by atoms with Crippen molar-refractivity contribution in [3.05, 3.63) is 77.4 Å². The van der Waals surface area contributed by atoms with Crippen LogP contribution >= 0.6 is 0 Å². The molecule has 0 spiro atoms. The molecule has 0 radical (unpaired) electrons. The predicted molar refractivity (Wildman–Crippen MR) is 77.5 cm³/mol. The van der Waals surface area contributed by atoms with Gasteiger partial charge in [0.05, 0.1) is 0 Å². The second-order valence-corrected chi connectivity index (χ2v) is 4.93. The van der Waals surface area contributed by atoms with E-state index < -0.39 is 0 Å². The molecule has 0 saturated heterocycles. The van der Waals surface area contributed by atoms with E-state index in [-0.39, 0.29) is 0 Å². The van der Waals surface area contributed by atoms with Crippen molar-refractivity contribution in [2.75, 3.05) is 0 Å². The van der Waals surface area contributed by atoms with Gasteiger partial charge in [-0.2, -0.15) is 0 Å². The van der Waals surface area contributed by atoms with Crippen LogP contribution in [0.15, 0.2) is 60.7 Å². The molecule has 1 aliphatic rings. The summed E-state index contributed by atoms with van der Waals surface area (Å²) < 4.78 is 0. The monoisotopic (exact) mass is 234 g/mol. The fourth-order valence-corrected chi connectivity index (χ4v) is 2.72. The molecular weight excluding hydrogens is 216 g/mol. The second kappa shape index (κ2) is 5.22. The van der Waals surface area contributed by atoms with Gasteiger partial charge in [-0.05, 0) is 47.9 Å². The van der Waals surface area contributed by atoms with Crippen molar-refractivity contribution in [1.29, 1.82) is 0 Å². The lowest BCUT2D eigenvalue weighted by molar-refractivity contribution is 0.854. The zero-order valence-corrected chi connectivity index (χ0v) is 10.6. The smallest absolute Gasteiger partial charge is 0.00854 e. The molecule has 90 valence electrons. The number of hydrogen-bond donors (Lipinski definition) is 0. The van der Waals surface area contributed by atoms with E-state index in [0.29, 0.717) is 0 Å². The zero-order chi connectivity index (χ0) is 12.2. The van der Waals surface area contributed by atoms with Gasteiger partial charge in [0.1, 0.15) is 0 Å². The lowest BCUT2D eigenvalue weighted by Crippen LogP contribution is -1.88. The molecule has 1 aliphatic carbocycles. The topological polar surface area (TPSA) is 0 Å². The van der Waals surface area contributed by atoms with Crippen LogP contribution in [0.1, 0.15) is 29.5 Å². The summed E-state index contributed by atoms with van der Waals surface area (Å²) in [4.78, 5) is 0. The highest BCUT2D eigenvalue weighted by Gasteiger charge is 2.12. The van der Waals surface area contributed by atoms with Gasteiger partial charge in [-0.25, -0.2) is 0 Å². The molecular formula is C18H18. The summed E-state index contributed by atoms with van der Waals surface area (Å²) in [7, 11) is 0. The maximum Gasteiger partial charge on any atom is -0.00854 e. The van der Waals surface area contributed by atoms with Crippen molar-refractivity contribution < 1.29 is 0 Å². The van der Waals surface area contributed by atoms with E-state index in [1.807, 2.05) is 0 Å². The SMILES string of the molecule is C1=C(CCCc2ccccc2)c2ccccc2C1. The largest absolute Gasteiger partial charge is 0.0763 e. The predicted octanol–water partition coefficient (Wildman–Crippen LogP) is 4.65. The Morgan fingerprint density at radius 1 is 0.778 bits per heavy atom. The fraction of sp³-hybridized carbons (Fsp3) is 0.222. The summed E-state index contributed by atoms with van der Waals surface area (Å²) in [6, 6.07) is 19.6. The number of rotatable bonds is 4. The molecule has 2 aromatic carbocycles. The highest BCUT2D eigenvalue weighted by atomic mass is 14.2. The van der Waals surface area contributed by atoms with Crippen LogP contribution in [0.4, 0.5) is 0 Å². The summed E-state index contributed by atoms with van der Waals surface area (Å²) >= 11 is 0. The summed E-state index contributed by atoms with van der Waals surface area (Å²) in [5.41, 5.74) is 5.96. The molecule has 0 bridgehead atoms. The van der Waals surface area contributed by atoms with Crippen LogP contribution < -0.4 is 0 Å². The van der Waals surface area contributed by atoms with Crippen LogP contribution in [0, 0.1) is 0 Å². The van der Waals surface area contributed by atoms with Gasteiger partial charge in [-0.15, -0.1) is 0 Å². The Kier molecular flexibility index (Phi) is 3.27. The maximum absolute atomic E-state index is 2.40. The lowest BCUT2D eigenvalue weighted by Gasteiger charge is -2.06. The van der Waals surface area contributed by atoms with E-state index in [2.05, 4.69) is 60.7 Å². The van der Waals surface area contributed by atoms with Gasteiger partial charge in [0.2, 0.25) is 0 Å². The standard InChI is InChI=1S/C18H18/c1-2-7-15(8-3-1)9-6-11-17-14-13-16-10-4-5-12-18(16)17/h1-5,7-8,10,12,14H,6,9,11,13H2. The molecule has 3 rings (SSSR count). The van der Waals surface area contributed by atoms with E-state index in [4.69, 9.17) is 0 Å². The number of aryl methyl sites for hydroxylation is 1. The minimum absolute atomic E-state index is 1.12. The van der Waals surface area contributed by atoms with Crippen molar-refractivity contribution in [3.63, 3.8) is 0 Å². The van der Waals surface area contributed by atoms with Crippen LogP contribution in [0.25, 0.3) is 5.57 Å². The van der Waals surface area contributed by atoms with Crippen molar-refractivity contribution >= 4 is 5.57 Å². The van der Waals surface area contributed by atoms with E-state index in [0.717, 1.165) is 6.42 Å². The number of fused-ring (bicyclic) bond motifs is 1. The fourth-order valence-electron chi connectivity index (χ4n) is 2.72. The highest BCUT2D eigenvalue weighted by Crippen LogP contribution is 2.30. The molecule has 0 N–H and O–H groups in total. The Hall–Kier alpha value is -1.82. The third-order valence-electron chi connectivity index (χ3n) is 3.69. The van der Waals surface area contributed by atoms with Gasteiger partial charge in [0.15, 0.2) is 0 Å². The van der Waals surface area contributed by atoms with Crippen LogP contribution in [0.2, 0.25) is 0 Å². The Balaban J connectivity index is 1.59. The first-order chi connectivity index (χ1) is 8.93. The van der Waals surface area contributed by atoms with Gasteiger partial charge in [0, 0.05) is 0 Å². The molecule has 0 heteroatoms. The first-order valence-corrected chi connectivity index (χ1v) is 6.75. The molecule has 0 saturated carbocycles. The summed E-state index contributed by atoms with van der Waals surface area (Å²) in [5.74, 6) is 0. The Morgan fingerprint density at radius 2 is 1.56 bits per heavy atom. The van der Waals surface area contributed by atoms with E-state index in [1.165, 1.54) is 36.0 Å². The summed E-state index contributed by atoms with van der Waals surface area (Å²) in [6.07, 6.45) is 7.14. The third kappa shape index (κ3) is 2.38. The second-order valence-electron chi connectivity index (χ2n) is 4.93. The number of hydrogen-bond acceptors (Lipinski definition) is 0.